The van der Waals surface area contributed by atoms with Gasteiger partial charge >= 0.3 is 5.82 Å². The van der Waals surface area contributed by atoms with E-state index in [4.69, 9.17) is 11.6 Å². The molecule has 9 heteroatoms. The number of rotatable bonds is 11. The largest absolute Gasteiger partial charge is 0.358 e. The van der Waals surface area contributed by atoms with E-state index >= 15 is 0 Å². The van der Waals surface area contributed by atoms with Crippen molar-refractivity contribution >= 4 is 40.9 Å². The molecule has 0 aliphatic heterocycles. The lowest BCUT2D eigenvalue weighted by atomic mass is 10.2. The summed E-state index contributed by atoms with van der Waals surface area (Å²) in [6.45, 7) is 4.49. The third-order valence-corrected chi connectivity index (χ3v) is 6.55. The van der Waals surface area contributed by atoms with Crippen molar-refractivity contribution in [3.8, 4) is 0 Å². The highest BCUT2D eigenvalue weighted by molar-refractivity contribution is 7.99. The number of aromatic nitrogens is 3. The van der Waals surface area contributed by atoms with Crippen LogP contribution in [0.3, 0.4) is 0 Å². The van der Waals surface area contributed by atoms with Crippen molar-refractivity contribution in [2.24, 2.45) is 0 Å². The highest BCUT2D eigenvalue weighted by Crippen LogP contribution is 2.25. The third-order valence-electron chi connectivity index (χ3n) is 4.01. The lowest BCUT2D eigenvalue weighted by molar-refractivity contribution is -0.392. The summed E-state index contributed by atoms with van der Waals surface area (Å²) >= 11 is 9.57. The summed E-state index contributed by atoms with van der Waals surface area (Å²) in [5.74, 6) is 4.20. The Balaban J connectivity index is 1.62. The molecule has 26 heavy (non-hydrogen) atoms. The first kappa shape index (κ1) is 21.1. The monoisotopic (exact) mass is 414 g/mol. The average Bonchev–Trinajstić information content (AvgIpc) is 2.99. The number of unbranched alkanes of at least 4 members (excludes halogenated alkanes) is 1. The number of nitro groups is 1. The molecule has 2 heterocycles. The van der Waals surface area contributed by atoms with E-state index in [0.29, 0.717) is 18.2 Å². The van der Waals surface area contributed by atoms with E-state index in [1.54, 1.807) is 11.5 Å². The summed E-state index contributed by atoms with van der Waals surface area (Å²) in [4.78, 5) is 20.1. The van der Waals surface area contributed by atoms with Gasteiger partial charge in [-0.1, -0.05) is 0 Å². The van der Waals surface area contributed by atoms with Crippen LogP contribution in [0.2, 0.25) is 0 Å². The van der Waals surface area contributed by atoms with Crippen LogP contribution in [0.5, 0.6) is 0 Å². The molecule has 6 nitrogen and oxygen atoms in total. The van der Waals surface area contributed by atoms with Crippen molar-refractivity contribution in [1.82, 2.24) is 14.5 Å². The van der Waals surface area contributed by atoms with Gasteiger partial charge in [0.15, 0.2) is 5.82 Å². The molecule has 0 unspecified atom stereocenters. The van der Waals surface area contributed by atoms with Crippen molar-refractivity contribution in [3.63, 3.8) is 0 Å². The van der Waals surface area contributed by atoms with Crippen LogP contribution in [0, 0.1) is 24.0 Å². The molecule has 0 atom stereocenters. The van der Waals surface area contributed by atoms with Gasteiger partial charge in [-0.05, 0) is 47.8 Å². The molecule has 0 radical (unpaired) electrons. The Kier molecular flexibility index (Phi) is 8.74. The molecule has 2 aromatic heterocycles. The second-order valence-electron chi connectivity index (χ2n) is 5.75. The zero-order valence-corrected chi connectivity index (χ0v) is 17.4. The van der Waals surface area contributed by atoms with E-state index in [9.17, 15) is 10.1 Å². The Morgan fingerprint density at radius 2 is 2.00 bits per heavy atom. The number of imidazole rings is 1. The first-order valence-electron chi connectivity index (χ1n) is 8.42. The van der Waals surface area contributed by atoms with Gasteiger partial charge in [0.2, 0.25) is 0 Å². The predicted molar refractivity (Wildman–Crippen MR) is 109 cm³/mol. The Morgan fingerprint density at radius 3 is 2.73 bits per heavy atom. The van der Waals surface area contributed by atoms with Gasteiger partial charge in [0, 0.05) is 23.8 Å². The van der Waals surface area contributed by atoms with E-state index in [2.05, 4.69) is 16.9 Å². The molecule has 0 fully saturated rings. The van der Waals surface area contributed by atoms with Gasteiger partial charge in [-0.25, -0.2) is 9.55 Å². The van der Waals surface area contributed by atoms with Gasteiger partial charge in [0.05, 0.1) is 11.6 Å². The van der Waals surface area contributed by atoms with Gasteiger partial charge < -0.3 is 10.1 Å². The SMILES string of the molecule is Cc1c(SCCCCSCCn2c([N+](=O)[O-])cnc2C)ccnc1CCl. The van der Waals surface area contributed by atoms with Gasteiger partial charge in [0.1, 0.15) is 12.7 Å². The fourth-order valence-corrected chi connectivity index (χ4v) is 4.73. The van der Waals surface area contributed by atoms with Crippen LogP contribution in [0.25, 0.3) is 0 Å². The predicted octanol–water partition coefficient (Wildman–Crippen LogP) is 4.85. The van der Waals surface area contributed by atoms with Gasteiger partial charge in [0.25, 0.3) is 0 Å². The lowest BCUT2D eigenvalue weighted by Crippen LogP contribution is -2.07. The first-order valence-corrected chi connectivity index (χ1v) is 11.1. The third kappa shape index (κ3) is 5.89. The van der Waals surface area contributed by atoms with Crippen LogP contribution in [-0.2, 0) is 12.4 Å². The van der Waals surface area contributed by atoms with Crippen LogP contribution in [0.15, 0.2) is 23.4 Å². The van der Waals surface area contributed by atoms with E-state index in [-0.39, 0.29) is 10.7 Å². The summed E-state index contributed by atoms with van der Waals surface area (Å²) in [5, 5.41) is 10.9. The number of hydrogen-bond acceptors (Lipinski definition) is 6. The van der Waals surface area contributed by atoms with Gasteiger partial charge in [-0.3, -0.25) is 4.98 Å². The van der Waals surface area contributed by atoms with E-state index in [1.807, 2.05) is 35.8 Å². The molecule has 0 amide bonds. The number of halogens is 1. The summed E-state index contributed by atoms with van der Waals surface area (Å²) in [6, 6.07) is 2.05. The zero-order valence-electron chi connectivity index (χ0n) is 15.0. The van der Waals surface area contributed by atoms with Crippen molar-refractivity contribution < 1.29 is 4.92 Å². The lowest BCUT2D eigenvalue weighted by Gasteiger charge is -2.08. The summed E-state index contributed by atoms with van der Waals surface area (Å²) in [6.07, 6.45) is 5.42. The van der Waals surface area contributed by atoms with Crippen LogP contribution >= 0.6 is 35.1 Å². The maximum atomic E-state index is 10.9. The maximum Gasteiger partial charge on any atom is 0.342 e. The minimum atomic E-state index is -0.376. The molecule has 142 valence electrons. The second kappa shape index (κ2) is 10.8. The fraction of sp³-hybridized carbons (Fsp3) is 0.529. The maximum absolute atomic E-state index is 10.9. The summed E-state index contributed by atoms with van der Waals surface area (Å²) in [5.41, 5.74) is 2.13. The molecular weight excluding hydrogens is 392 g/mol. The zero-order chi connectivity index (χ0) is 18.9. The molecule has 2 aromatic rings. The van der Waals surface area contributed by atoms with Crippen LogP contribution in [-0.4, -0.2) is 36.7 Å². The topological polar surface area (TPSA) is 73.8 Å². The van der Waals surface area contributed by atoms with Crippen molar-refractivity contribution in [2.75, 3.05) is 17.3 Å². The van der Waals surface area contributed by atoms with E-state index < -0.39 is 0 Å². The molecular formula is C17H23ClN4O2S2. The van der Waals surface area contributed by atoms with Gasteiger partial charge in [-0.15, -0.1) is 23.4 Å². The normalized spacial score (nSPS) is 11.0. The molecule has 0 spiro atoms. The number of nitrogens with zero attached hydrogens (tertiary/aromatic N) is 4. The average molecular weight is 415 g/mol. The Hall–Kier alpha value is -1.25. The molecule has 0 saturated carbocycles. The fourth-order valence-electron chi connectivity index (χ4n) is 2.47. The molecule has 0 aliphatic rings. The number of aryl methyl sites for hydroxylation is 1. The highest BCUT2D eigenvalue weighted by Gasteiger charge is 2.16. The number of hydrogen-bond donors (Lipinski definition) is 0. The number of pyridine rings is 1. The molecule has 0 saturated heterocycles. The first-order chi connectivity index (χ1) is 12.5. The van der Waals surface area contributed by atoms with Gasteiger partial charge in [-0.2, -0.15) is 11.8 Å². The Labute approximate surface area is 167 Å². The smallest absolute Gasteiger partial charge is 0.342 e. The van der Waals surface area contributed by atoms with Crippen molar-refractivity contribution in [2.45, 2.75) is 44.0 Å². The van der Waals surface area contributed by atoms with Crippen LogP contribution in [0.4, 0.5) is 5.82 Å². The quantitative estimate of drug-likeness (QED) is 0.172. The molecule has 2 rings (SSSR count). The highest BCUT2D eigenvalue weighted by atomic mass is 35.5. The Morgan fingerprint density at radius 1 is 1.23 bits per heavy atom. The molecule has 0 aromatic carbocycles. The number of alkyl halides is 1. The Bertz CT molecular complexity index is 740. The van der Waals surface area contributed by atoms with Crippen LogP contribution in [0.1, 0.15) is 29.9 Å². The number of thioether (sulfide) groups is 2. The molecule has 0 aliphatic carbocycles. The minimum absolute atomic E-state index is 0.0727. The standard InChI is InChI=1S/C17H23ClN4O2S2/c1-13-15(11-18)19-6-5-16(13)26-9-4-3-8-25-10-7-21-14(2)20-12-17(21)22(23)24/h5-6,12H,3-4,7-11H2,1-2H3. The summed E-state index contributed by atoms with van der Waals surface area (Å²) < 4.78 is 1.67. The van der Waals surface area contributed by atoms with Crippen molar-refractivity contribution in [3.05, 3.63) is 45.7 Å². The second-order valence-corrected chi connectivity index (χ2v) is 8.38. The molecule has 0 N–H and O–H groups in total. The minimum Gasteiger partial charge on any atom is -0.358 e. The summed E-state index contributed by atoms with van der Waals surface area (Å²) in [7, 11) is 0. The molecule has 0 bridgehead atoms. The van der Waals surface area contributed by atoms with Crippen molar-refractivity contribution in [1.29, 1.82) is 0 Å². The van der Waals surface area contributed by atoms with Crippen LogP contribution < -0.4 is 0 Å². The van der Waals surface area contributed by atoms with E-state index in [1.165, 1.54) is 16.7 Å². The van der Waals surface area contributed by atoms with E-state index in [0.717, 1.165) is 35.8 Å².